The van der Waals surface area contributed by atoms with Gasteiger partial charge >= 0.3 is 0 Å². The van der Waals surface area contributed by atoms with Crippen LogP contribution in [-0.4, -0.2) is 25.3 Å². The third-order valence-corrected chi connectivity index (χ3v) is 5.75. The van der Waals surface area contributed by atoms with Crippen molar-refractivity contribution in [2.24, 2.45) is 0 Å². The molecule has 0 aliphatic carbocycles. The zero-order valence-corrected chi connectivity index (χ0v) is 20.5. The average Bonchev–Trinajstić information content (AvgIpc) is 2.78. The molecule has 170 valence electrons. The number of nitrogens with zero attached hydrogens (tertiary/aromatic N) is 1. The summed E-state index contributed by atoms with van der Waals surface area (Å²) in [5.41, 5.74) is 8.78. The number of aromatic nitrogens is 1. The van der Waals surface area contributed by atoms with Crippen LogP contribution < -0.4 is 0 Å². The Labute approximate surface area is 189 Å². The molecule has 3 nitrogen and oxygen atoms in total. The third-order valence-electron chi connectivity index (χ3n) is 5.75. The van der Waals surface area contributed by atoms with Gasteiger partial charge in [-0.25, -0.2) is 0 Å². The van der Waals surface area contributed by atoms with Crippen LogP contribution in [0.5, 0.6) is 0 Å². The van der Waals surface area contributed by atoms with E-state index in [1.807, 2.05) is 0 Å². The Morgan fingerprint density at radius 1 is 1.03 bits per heavy atom. The van der Waals surface area contributed by atoms with Crippen LogP contribution in [0.25, 0.3) is 17.3 Å². The van der Waals surface area contributed by atoms with Gasteiger partial charge in [0.1, 0.15) is 0 Å². The van der Waals surface area contributed by atoms with E-state index >= 15 is 0 Å². The van der Waals surface area contributed by atoms with E-state index < -0.39 is 0 Å². The van der Waals surface area contributed by atoms with Gasteiger partial charge in [0, 0.05) is 31.0 Å². The Morgan fingerprint density at radius 2 is 1.74 bits per heavy atom. The van der Waals surface area contributed by atoms with Crippen LogP contribution >= 0.6 is 0 Å². The van der Waals surface area contributed by atoms with E-state index in [4.69, 9.17) is 14.5 Å². The second-order valence-electron chi connectivity index (χ2n) is 8.08. The highest BCUT2D eigenvalue weighted by Crippen LogP contribution is 2.33. The molecule has 0 amide bonds. The molecule has 0 radical (unpaired) electrons. The van der Waals surface area contributed by atoms with Crippen LogP contribution in [-0.2, 0) is 22.3 Å². The van der Waals surface area contributed by atoms with Gasteiger partial charge in [0.15, 0.2) is 0 Å². The molecule has 0 spiro atoms. The normalized spacial score (nSPS) is 12.9. The summed E-state index contributed by atoms with van der Waals surface area (Å²) in [5, 5.41) is 0. The number of pyridine rings is 1. The average molecular weight is 424 g/mol. The molecule has 1 aromatic carbocycles. The second kappa shape index (κ2) is 13.4. The summed E-state index contributed by atoms with van der Waals surface area (Å²) in [6.07, 6.45) is 10.6. The van der Waals surface area contributed by atoms with E-state index in [0.29, 0.717) is 13.2 Å². The van der Waals surface area contributed by atoms with E-state index in [0.717, 1.165) is 44.2 Å². The van der Waals surface area contributed by atoms with Crippen LogP contribution in [0.2, 0.25) is 0 Å². The first-order valence-electron chi connectivity index (χ1n) is 12.0. The maximum absolute atomic E-state index is 6.15. The fourth-order valence-electron chi connectivity index (χ4n) is 4.29. The van der Waals surface area contributed by atoms with Gasteiger partial charge in [-0.2, -0.15) is 0 Å². The Hall–Kier alpha value is -1.97. The fraction of sp³-hybridized carbons (Fsp3) is 0.536. The Morgan fingerprint density at radius 3 is 2.29 bits per heavy atom. The maximum atomic E-state index is 6.15. The lowest BCUT2D eigenvalue weighted by Crippen LogP contribution is -2.08. The van der Waals surface area contributed by atoms with Crippen molar-refractivity contribution in [3.05, 3.63) is 58.3 Å². The molecule has 0 aliphatic rings. The number of rotatable bonds is 13. The standard InChI is InChI=1S/C28H41NO2/c1-7-13-21(20-30-6)17-24-18-26(28-22(9-3)15-12-16-23(28)10-4)29-19-25(24)27(14-8-2)31-11-5/h12,15-19,27H,7-11,13-14,20H2,1-6H3/b21-17-. The van der Waals surface area contributed by atoms with E-state index in [9.17, 15) is 0 Å². The van der Waals surface area contributed by atoms with Gasteiger partial charge in [-0.3, -0.25) is 4.98 Å². The first kappa shape index (κ1) is 25.3. The summed E-state index contributed by atoms with van der Waals surface area (Å²) in [7, 11) is 1.77. The highest BCUT2D eigenvalue weighted by molar-refractivity contribution is 5.72. The van der Waals surface area contributed by atoms with Gasteiger partial charge in [0.25, 0.3) is 0 Å². The van der Waals surface area contributed by atoms with Gasteiger partial charge in [-0.1, -0.05) is 64.8 Å². The van der Waals surface area contributed by atoms with Crippen molar-refractivity contribution in [3.63, 3.8) is 0 Å². The number of aryl methyl sites for hydroxylation is 2. The molecule has 2 rings (SSSR count). The lowest BCUT2D eigenvalue weighted by molar-refractivity contribution is 0.0553. The van der Waals surface area contributed by atoms with E-state index in [-0.39, 0.29) is 6.10 Å². The highest BCUT2D eigenvalue weighted by atomic mass is 16.5. The minimum Gasteiger partial charge on any atom is -0.380 e. The molecule has 0 saturated carbocycles. The fourth-order valence-corrected chi connectivity index (χ4v) is 4.29. The number of ether oxygens (including phenoxy) is 2. The topological polar surface area (TPSA) is 31.4 Å². The van der Waals surface area contributed by atoms with E-state index in [1.165, 1.54) is 33.4 Å². The summed E-state index contributed by atoms with van der Waals surface area (Å²) < 4.78 is 11.6. The molecule has 1 aromatic heterocycles. The summed E-state index contributed by atoms with van der Waals surface area (Å²) in [6.45, 7) is 12.3. The van der Waals surface area contributed by atoms with Gasteiger partial charge in [-0.05, 0) is 60.9 Å². The SMILES string of the molecule is CCC/C(=C/c1cc(-c2c(CC)cccc2CC)ncc1C(CCC)OCC)COC. The molecule has 1 heterocycles. The summed E-state index contributed by atoms with van der Waals surface area (Å²) in [4.78, 5) is 4.97. The number of benzene rings is 1. The van der Waals surface area contributed by atoms with Crippen molar-refractivity contribution < 1.29 is 9.47 Å². The van der Waals surface area contributed by atoms with Crippen molar-refractivity contribution in [2.45, 2.75) is 79.2 Å². The zero-order valence-electron chi connectivity index (χ0n) is 20.5. The molecule has 3 heteroatoms. The van der Waals surface area contributed by atoms with Crippen molar-refractivity contribution in [3.8, 4) is 11.3 Å². The summed E-state index contributed by atoms with van der Waals surface area (Å²) in [5.74, 6) is 0. The van der Waals surface area contributed by atoms with Crippen LogP contribution in [0, 0.1) is 0 Å². The molecule has 0 fully saturated rings. The Bertz CT molecular complexity index is 805. The summed E-state index contributed by atoms with van der Waals surface area (Å²) in [6, 6.07) is 8.90. The first-order chi connectivity index (χ1) is 15.1. The molecular formula is C28H41NO2. The second-order valence-corrected chi connectivity index (χ2v) is 8.08. The molecule has 0 N–H and O–H groups in total. The predicted molar refractivity (Wildman–Crippen MR) is 132 cm³/mol. The van der Waals surface area contributed by atoms with Crippen LogP contribution in [0.1, 0.15) is 88.7 Å². The molecule has 0 aliphatic heterocycles. The van der Waals surface area contributed by atoms with E-state index in [1.54, 1.807) is 7.11 Å². The number of hydrogen-bond acceptors (Lipinski definition) is 3. The van der Waals surface area contributed by atoms with Gasteiger partial charge in [0.2, 0.25) is 0 Å². The molecule has 1 atom stereocenters. The third kappa shape index (κ3) is 6.75. The zero-order chi connectivity index (χ0) is 22.6. The predicted octanol–water partition coefficient (Wildman–Crippen LogP) is 7.58. The van der Waals surface area contributed by atoms with Gasteiger partial charge in [-0.15, -0.1) is 0 Å². The highest BCUT2D eigenvalue weighted by Gasteiger charge is 2.18. The molecular weight excluding hydrogens is 382 g/mol. The molecule has 2 aromatic rings. The quantitative estimate of drug-likeness (QED) is 0.333. The number of methoxy groups -OCH3 is 1. The van der Waals surface area contributed by atoms with Crippen molar-refractivity contribution in [1.82, 2.24) is 4.98 Å². The van der Waals surface area contributed by atoms with Crippen molar-refractivity contribution in [1.29, 1.82) is 0 Å². The molecule has 0 saturated heterocycles. The van der Waals surface area contributed by atoms with Gasteiger partial charge < -0.3 is 9.47 Å². The Kier molecular flexibility index (Phi) is 11.0. The van der Waals surface area contributed by atoms with Crippen LogP contribution in [0.15, 0.2) is 36.0 Å². The van der Waals surface area contributed by atoms with Crippen molar-refractivity contribution >= 4 is 6.08 Å². The van der Waals surface area contributed by atoms with Crippen LogP contribution in [0.3, 0.4) is 0 Å². The molecule has 0 bridgehead atoms. The number of hydrogen-bond donors (Lipinski definition) is 0. The molecule has 1 unspecified atom stereocenters. The largest absolute Gasteiger partial charge is 0.380 e. The first-order valence-corrected chi connectivity index (χ1v) is 12.0. The van der Waals surface area contributed by atoms with Crippen molar-refractivity contribution in [2.75, 3.05) is 20.3 Å². The summed E-state index contributed by atoms with van der Waals surface area (Å²) >= 11 is 0. The van der Waals surface area contributed by atoms with Crippen LogP contribution in [0.4, 0.5) is 0 Å². The minimum atomic E-state index is 0.0697. The lowest BCUT2D eigenvalue weighted by Gasteiger charge is -2.21. The van der Waals surface area contributed by atoms with E-state index in [2.05, 4.69) is 71.2 Å². The van der Waals surface area contributed by atoms with Gasteiger partial charge in [0.05, 0.1) is 18.4 Å². The monoisotopic (exact) mass is 423 g/mol. The minimum absolute atomic E-state index is 0.0697. The maximum Gasteiger partial charge on any atom is 0.0845 e. The Balaban J connectivity index is 2.69. The molecule has 31 heavy (non-hydrogen) atoms. The lowest BCUT2D eigenvalue weighted by atomic mass is 9.92. The smallest absolute Gasteiger partial charge is 0.0845 e.